The van der Waals surface area contributed by atoms with Crippen LogP contribution in [0.15, 0.2) is 24.3 Å². The smallest absolute Gasteiger partial charge is 0.225 e. The number of methoxy groups -OCH3 is 1. The molecule has 2 atom stereocenters. The van der Waals surface area contributed by atoms with E-state index >= 15 is 0 Å². The Bertz CT molecular complexity index is 513. The molecule has 2 rings (SSSR count). The predicted octanol–water partition coefficient (Wildman–Crippen LogP) is 1.74. The fraction of sp³-hybridized carbons (Fsp3) is 0.500. The van der Waals surface area contributed by atoms with Gasteiger partial charge in [-0.3, -0.25) is 9.59 Å². The molecule has 0 spiro atoms. The zero-order valence-corrected chi connectivity index (χ0v) is 12.8. The van der Waals surface area contributed by atoms with Gasteiger partial charge in [0.15, 0.2) is 0 Å². The van der Waals surface area contributed by atoms with Gasteiger partial charge in [-0.1, -0.05) is 19.1 Å². The van der Waals surface area contributed by atoms with E-state index in [-0.39, 0.29) is 23.8 Å². The number of carbonyl (C=O) groups is 2. The Morgan fingerprint density at radius 2 is 2.10 bits per heavy atom. The van der Waals surface area contributed by atoms with Crippen molar-refractivity contribution in [1.82, 2.24) is 10.2 Å². The molecule has 1 saturated heterocycles. The summed E-state index contributed by atoms with van der Waals surface area (Å²) >= 11 is 0. The Labute approximate surface area is 125 Å². The predicted molar refractivity (Wildman–Crippen MR) is 79.9 cm³/mol. The first-order valence-electron chi connectivity index (χ1n) is 7.23. The number of hydrogen-bond acceptors (Lipinski definition) is 3. The number of hydrogen-bond donors (Lipinski definition) is 1. The lowest BCUT2D eigenvalue weighted by atomic mass is 10.0. The Hall–Kier alpha value is -2.04. The zero-order chi connectivity index (χ0) is 15.4. The van der Waals surface area contributed by atoms with Crippen LogP contribution in [0.4, 0.5) is 0 Å². The van der Waals surface area contributed by atoms with Crippen molar-refractivity contribution in [3.05, 3.63) is 29.8 Å². The third kappa shape index (κ3) is 3.54. The Morgan fingerprint density at radius 3 is 2.57 bits per heavy atom. The summed E-state index contributed by atoms with van der Waals surface area (Å²) in [5.74, 6) is 0.542. The number of rotatable bonds is 5. The van der Waals surface area contributed by atoms with E-state index in [1.807, 2.05) is 31.2 Å². The van der Waals surface area contributed by atoms with Crippen molar-refractivity contribution in [2.75, 3.05) is 20.7 Å². The molecule has 1 heterocycles. The minimum Gasteiger partial charge on any atom is -0.497 e. The molecular formula is C16H22N2O3. The second-order valence-corrected chi connectivity index (χ2v) is 5.42. The van der Waals surface area contributed by atoms with Gasteiger partial charge >= 0.3 is 0 Å². The van der Waals surface area contributed by atoms with E-state index in [1.165, 1.54) is 0 Å². The third-order valence-electron chi connectivity index (χ3n) is 3.95. The van der Waals surface area contributed by atoms with Crippen molar-refractivity contribution < 1.29 is 14.3 Å². The van der Waals surface area contributed by atoms with Crippen LogP contribution in [0.1, 0.15) is 31.4 Å². The van der Waals surface area contributed by atoms with Gasteiger partial charge in [0, 0.05) is 20.0 Å². The third-order valence-corrected chi connectivity index (χ3v) is 3.95. The summed E-state index contributed by atoms with van der Waals surface area (Å²) in [5.41, 5.74) is 1.05. The van der Waals surface area contributed by atoms with Crippen LogP contribution in [0.25, 0.3) is 0 Å². The Balaban J connectivity index is 2.01. The summed E-state index contributed by atoms with van der Waals surface area (Å²) < 4.78 is 5.14. The molecule has 114 valence electrons. The highest BCUT2D eigenvalue weighted by molar-refractivity contribution is 5.89. The van der Waals surface area contributed by atoms with Gasteiger partial charge in [0.25, 0.3) is 0 Å². The Morgan fingerprint density at radius 1 is 1.43 bits per heavy atom. The summed E-state index contributed by atoms with van der Waals surface area (Å²) in [5, 5.41) is 3.04. The van der Waals surface area contributed by atoms with Crippen LogP contribution in [0.5, 0.6) is 5.75 Å². The van der Waals surface area contributed by atoms with Crippen LogP contribution in [0.2, 0.25) is 0 Å². The van der Waals surface area contributed by atoms with E-state index in [4.69, 9.17) is 4.74 Å². The van der Waals surface area contributed by atoms with Crippen LogP contribution >= 0.6 is 0 Å². The van der Waals surface area contributed by atoms with Gasteiger partial charge in [0.05, 0.1) is 19.1 Å². The number of likely N-dealkylation sites (tertiary alicyclic amines) is 1. The molecule has 1 N–H and O–H groups in total. The molecule has 0 aliphatic carbocycles. The molecule has 1 fully saturated rings. The van der Waals surface area contributed by atoms with Crippen LogP contribution in [0, 0.1) is 5.92 Å². The Kier molecular flexibility index (Phi) is 4.83. The van der Waals surface area contributed by atoms with Crippen LogP contribution < -0.4 is 10.1 Å². The molecule has 5 nitrogen and oxygen atoms in total. The fourth-order valence-corrected chi connectivity index (χ4v) is 2.59. The van der Waals surface area contributed by atoms with Crippen molar-refractivity contribution in [2.24, 2.45) is 5.92 Å². The number of nitrogens with zero attached hydrogens (tertiary/aromatic N) is 1. The van der Waals surface area contributed by atoms with Crippen LogP contribution in [-0.4, -0.2) is 37.4 Å². The molecule has 0 radical (unpaired) electrons. The summed E-state index contributed by atoms with van der Waals surface area (Å²) in [6, 6.07) is 7.65. The van der Waals surface area contributed by atoms with Crippen molar-refractivity contribution >= 4 is 11.8 Å². The number of nitrogens with one attached hydrogen (secondary N) is 1. The molecule has 1 aromatic rings. The lowest BCUT2D eigenvalue weighted by Crippen LogP contribution is -2.34. The minimum atomic E-state index is -0.241. The van der Waals surface area contributed by atoms with E-state index in [1.54, 1.807) is 19.1 Å². The molecule has 21 heavy (non-hydrogen) atoms. The number of benzene rings is 1. The monoisotopic (exact) mass is 290 g/mol. The van der Waals surface area contributed by atoms with Gasteiger partial charge in [-0.05, 0) is 24.1 Å². The molecule has 0 bridgehead atoms. The second kappa shape index (κ2) is 6.61. The van der Waals surface area contributed by atoms with E-state index in [9.17, 15) is 9.59 Å². The molecule has 0 saturated carbocycles. The van der Waals surface area contributed by atoms with Gasteiger partial charge in [0.2, 0.25) is 11.8 Å². The summed E-state index contributed by atoms with van der Waals surface area (Å²) in [4.78, 5) is 25.4. The largest absolute Gasteiger partial charge is 0.497 e. The average Bonchev–Trinajstić information content (AvgIpc) is 2.84. The summed E-state index contributed by atoms with van der Waals surface area (Å²) in [7, 11) is 3.36. The molecule has 2 amide bonds. The average molecular weight is 290 g/mol. The topological polar surface area (TPSA) is 58.6 Å². The maximum atomic E-state index is 12.3. The maximum absolute atomic E-state index is 12.3. The standard InChI is InChI=1S/C16H22N2O3/c1-4-14(11-5-7-13(21-3)8-6-11)17-16(20)12-9-15(19)18(2)10-12/h5-8,12,14H,4,9-10H2,1-3H3,(H,17,20)/t12-,14+/m1/s1. The first-order chi connectivity index (χ1) is 10.0. The summed E-state index contributed by atoms with van der Waals surface area (Å²) in [6.45, 7) is 2.53. The highest BCUT2D eigenvalue weighted by Gasteiger charge is 2.32. The number of carbonyl (C=O) groups excluding carboxylic acids is 2. The minimum absolute atomic E-state index is 0.0349. The van der Waals surface area contributed by atoms with E-state index < -0.39 is 0 Å². The molecular weight excluding hydrogens is 268 g/mol. The van der Waals surface area contributed by atoms with Gasteiger partial charge in [-0.25, -0.2) is 0 Å². The van der Waals surface area contributed by atoms with Gasteiger partial charge in [-0.15, -0.1) is 0 Å². The van der Waals surface area contributed by atoms with Crippen molar-refractivity contribution in [2.45, 2.75) is 25.8 Å². The van der Waals surface area contributed by atoms with Gasteiger partial charge in [0.1, 0.15) is 5.75 Å². The number of amides is 2. The van der Waals surface area contributed by atoms with Crippen LogP contribution in [-0.2, 0) is 9.59 Å². The molecule has 1 aliphatic heterocycles. The molecule has 0 aromatic heterocycles. The van der Waals surface area contributed by atoms with E-state index in [2.05, 4.69) is 5.32 Å². The number of ether oxygens (including phenoxy) is 1. The fourth-order valence-electron chi connectivity index (χ4n) is 2.59. The quantitative estimate of drug-likeness (QED) is 0.898. The summed E-state index contributed by atoms with van der Waals surface area (Å²) in [6.07, 6.45) is 1.11. The first-order valence-corrected chi connectivity index (χ1v) is 7.23. The highest BCUT2D eigenvalue weighted by atomic mass is 16.5. The van der Waals surface area contributed by atoms with Crippen molar-refractivity contribution in [1.29, 1.82) is 0 Å². The highest BCUT2D eigenvalue weighted by Crippen LogP contribution is 2.22. The lowest BCUT2D eigenvalue weighted by Gasteiger charge is -2.20. The van der Waals surface area contributed by atoms with Crippen molar-refractivity contribution in [3.63, 3.8) is 0 Å². The van der Waals surface area contributed by atoms with Gasteiger partial charge in [-0.2, -0.15) is 0 Å². The van der Waals surface area contributed by atoms with Crippen LogP contribution in [0.3, 0.4) is 0 Å². The second-order valence-electron chi connectivity index (χ2n) is 5.42. The van der Waals surface area contributed by atoms with Gasteiger partial charge < -0.3 is 15.0 Å². The molecule has 1 aromatic carbocycles. The normalized spacial score (nSPS) is 19.5. The lowest BCUT2D eigenvalue weighted by molar-refractivity contribution is -0.128. The van der Waals surface area contributed by atoms with E-state index in [0.29, 0.717) is 13.0 Å². The maximum Gasteiger partial charge on any atom is 0.225 e. The molecule has 1 aliphatic rings. The zero-order valence-electron chi connectivity index (χ0n) is 12.8. The van der Waals surface area contributed by atoms with Crippen molar-refractivity contribution in [3.8, 4) is 5.75 Å². The SMILES string of the molecule is CC[C@H](NC(=O)[C@@H]1CC(=O)N(C)C1)c1ccc(OC)cc1. The first kappa shape index (κ1) is 15.4. The molecule has 5 heteroatoms. The molecule has 0 unspecified atom stereocenters. The van der Waals surface area contributed by atoms with E-state index in [0.717, 1.165) is 17.7 Å².